The standard InChI is InChI=1S/C22H28FN3OS/c23-21-9-5-4-8-20(21)18-28-15-10-24-22(27)17-26-13-11-25(12-14-26)16-19-6-2-1-3-7-19/h1-9H,10-18H2,(H,24,27)/p+2. The minimum absolute atomic E-state index is 0.119. The molecule has 0 saturated carbocycles. The summed E-state index contributed by atoms with van der Waals surface area (Å²) in [6, 6.07) is 17.5. The lowest BCUT2D eigenvalue weighted by atomic mass is 10.2. The third-order valence-electron chi connectivity index (χ3n) is 5.16. The van der Waals surface area contributed by atoms with Gasteiger partial charge in [-0.2, -0.15) is 11.8 Å². The summed E-state index contributed by atoms with van der Waals surface area (Å²) in [4.78, 5) is 15.1. The Morgan fingerprint density at radius 1 is 0.964 bits per heavy atom. The highest BCUT2D eigenvalue weighted by Gasteiger charge is 2.24. The Bertz CT molecular complexity index is 736. The Kier molecular flexibility index (Phi) is 8.33. The van der Waals surface area contributed by atoms with E-state index in [1.54, 1.807) is 22.7 Å². The van der Waals surface area contributed by atoms with Crippen molar-refractivity contribution in [3.63, 3.8) is 0 Å². The minimum Gasteiger partial charge on any atom is -0.350 e. The van der Waals surface area contributed by atoms with Crippen molar-refractivity contribution in [1.82, 2.24) is 5.32 Å². The number of thioether (sulfide) groups is 1. The van der Waals surface area contributed by atoms with Crippen LogP contribution in [0.1, 0.15) is 11.1 Å². The van der Waals surface area contributed by atoms with Crippen molar-refractivity contribution in [2.45, 2.75) is 12.3 Å². The van der Waals surface area contributed by atoms with Crippen molar-refractivity contribution in [3.05, 3.63) is 71.5 Å². The molecule has 0 atom stereocenters. The molecule has 0 unspecified atom stereocenters. The van der Waals surface area contributed by atoms with Crippen LogP contribution < -0.4 is 15.1 Å². The van der Waals surface area contributed by atoms with Crippen molar-refractivity contribution in [3.8, 4) is 0 Å². The normalized spacial score (nSPS) is 19.3. The van der Waals surface area contributed by atoms with Gasteiger partial charge in [0, 0.05) is 23.6 Å². The number of nitrogens with one attached hydrogen (secondary N) is 3. The molecule has 6 heteroatoms. The number of rotatable bonds is 9. The third kappa shape index (κ3) is 6.93. The van der Waals surface area contributed by atoms with Crippen LogP contribution in [-0.4, -0.2) is 50.9 Å². The van der Waals surface area contributed by atoms with Crippen molar-refractivity contribution in [1.29, 1.82) is 0 Å². The Morgan fingerprint density at radius 2 is 1.64 bits per heavy atom. The van der Waals surface area contributed by atoms with Gasteiger partial charge in [0.25, 0.3) is 5.91 Å². The number of carbonyl (C=O) groups excluding carboxylic acids is 1. The molecule has 1 heterocycles. The van der Waals surface area contributed by atoms with Crippen LogP contribution in [0.2, 0.25) is 0 Å². The van der Waals surface area contributed by atoms with E-state index in [-0.39, 0.29) is 11.7 Å². The number of quaternary nitrogens is 2. The molecule has 2 aromatic rings. The first-order chi connectivity index (χ1) is 13.7. The minimum atomic E-state index is -0.156. The molecular formula is C22H30FN3OS+2. The lowest BCUT2D eigenvalue weighted by Crippen LogP contribution is -3.28. The second-order valence-corrected chi connectivity index (χ2v) is 8.44. The van der Waals surface area contributed by atoms with Gasteiger partial charge in [-0.25, -0.2) is 4.39 Å². The predicted molar refractivity (Wildman–Crippen MR) is 112 cm³/mol. The van der Waals surface area contributed by atoms with Crippen LogP contribution in [0.25, 0.3) is 0 Å². The molecule has 1 fully saturated rings. The molecule has 150 valence electrons. The highest BCUT2D eigenvalue weighted by atomic mass is 32.2. The average Bonchev–Trinajstić information content (AvgIpc) is 2.71. The van der Waals surface area contributed by atoms with E-state index in [0.717, 1.165) is 44.0 Å². The molecular weight excluding hydrogens is 373 g/mol. The summed E-state index contributed by atoms with van der Waals surface area (Å²) in [5.41, 5.74) is 2.10. The molecule has 0 aromatic heterocycles. The maximum Gasteiger partial charge on any atom is 0.275 e. The number of hydrogen-bond donors (Lipinski definition) is 3. The summed E-state index contributed by atoms with van der Waals surface area (Å²) in [6.45, 7) is 6.55. The van der Waals surface area contributed by atoms with E-state index in [9.17, 15) is 9.18 Å². The summed E-state index contributed by atoms with van der Waals surface area (Å²) in [5.74, 6) is 1.40. The van der Waals surface area contributed by atoms with Gasteiger partial charge in [0.05, 0.1) is 0 Å². The van der Waals surface area contributed by atoms with Crippen LogP contribution in [0, 0.1) is 5.82 Å². The number of amides is 1. The van der Waals surface area contributed by atoms with Crippen LogP contribution in [0.4, 0.5) is 4.39 Å². The van der Waals surface area contributed by atoms with Crippen LogP contribution in [0.15, 0.2) is 54.6 Å². The van der Waals surface area contributed by atoms with E-state index in [2.05, 4.69) is 35.6 Å². The zero-order chi connectivity index (χ0) is 19.6. The van der Waals surface area contributed by atoms with Gasteiger partial charge in [-0.1, -0.05) is 48.5 Å². The maximum atomic E-state index is 13.5. The Hall–Kier alpha value is -1.89. The van der Waals surface area contributed by atoms with E-state index in [1.807, 2.05) is 12.1 Å². The Balaban J connectivity index is 1.26. The van der Waals surface area contributed by atoms with Crippen LogP contribution in [0.5, 0.6) is 0 Å². The van der Waals surface area contributed by atoms with Crippen molar-refractivity contribution < 1.29 is 19.0 Å². The van der Waals surface area contributed by atoms with E-state index >= 15 is 0 Å². The van der Waals surface area contributed by atoms with Gasteiger partial charge in [0.15, 0.2) is 6.54 Å². The van der Waals surface area contributed by atoms with Crippen LogP contribution >= 0.6 is 11.8 Å². The fraction of sp³-hybridized carbons (Fsp3) is 0.409. The quantitative estimate of drug-likeness (QED) is 0.522. The second-order valence-electron chi connectivity index (χ2n) is 7.33. The first-order valence-corrected chi connectivity index (χ1v) is 11.1. The van der Waals surface area contributed by atoms with Crippen LogP contribution in [-0.2, 0) is 17.1 Å². The zero-order valence-corrected chi connectivity index (χ0v) is 17.1. The molecule has 0 radical (unpaired) electrons. The van der Waals surface area contributed by atoms with Gasteiger partial charge in [-0.15, -0.1) is 0 Å². The van der Waals surface area contributed by atoms with Gasteiger partial charge in [-0.05, 0) is 11.6 Å². The van der Waals surface area contributed by atoms with Crippen molar-refractivity contribution >= 4 is 17.7 Å². The molecule has 2 aromatic carbocycles. The highest BCUT2D eigenvalue weighted by molar-refractivity contribution is 7.98. The molecule has 1 amide bonds. The number of piperazine rings is 1. The number of hydrogen-bond acceptors (Lipinski definition) is 2. The van der Waals surface area contributed by atoms with Crippen LogP contribution in [0.3, 0.4) is 0 Å². The second kappa shape index (κ2) is 11.2. The number of benzene rings is 2. The highest BCUT2D eigenvalue weighted by Crippen LogP contribution is 2.14. The average molecular weight is 404 g/mol. The Labute approximate surface area is 171 Å². The molecule has 1 aliphatic heterocycles. The molecule has 1 aliphatic rings. The fourth-order valence-electron chi connectivity index (χ4n) is 3.54. The smallest absolute Gasteiger partial charge is 0.275 e. The summed E-state index contributed by atoms with van der Waals surface area (Å²) >= 11 is 1.64. The molecule has 3 rings (SSSR count). The van der Waals surface area contributed by atoms with E-state index < -0.39 is 0 Å². The van der Waals surface area contributed by atoms with Crippen molar-refractivity contribution in [2.24, 2.45) is 0 Å². The lowest BCUT2D eigenvalue weighted by Gasteiger charge is -2.29. The van der Waals surface area contributed by atoms with Gasteiger partial charge in [0.2, 0.25) is 0 Å². The van der Waals surface area contributed by atoms with Gasteiger partial charge < -0.3 is 15.1 Å². The molecule has 0 aliphatic carbocycles. The van der Waals surface area contributed by atoms with Gasteiger partial charge >= 0.3 is 0 Å². The third-order valence-corrected chi connectivity index (χ3v) is 6.16. The van der Waals surface area contributed by atoms with E-state index in [0.29, 0.717) is 18.8 Å². The summed E-state index contributed by atoms with van der Waals surface area (Å²) in [6.07, 6.45) is 0. The summed E-state index contributed by atoms with van der Waals surface area (Å²) in [7, 11) is 0. The molecule has 0 spiro atoms. The number of carbonyl (C=O) groups is 1. The van der Waals surface area contributed by atoms with Crippen molar-refractivity contribution in [2.75, 3.05) is 45.0 Å². The number of halogens is 1. The zero-order valence-electron chi connectivity index (χ0n) is 16.3. The molecule has 1 saturated heterocycles. The molecule has 28 heavy (non-hydrogen) atoms. The van der Waals surface area contributed by atoms with E-state index in [4.69, 9.17) is 0 Å². The fourth-order valence-corrected chi connectivity index (χ4v) is 4.39. The summed E-state index contributed by atoms with van der Waals surface area (Å²) < 4.78 is 13.5. The van der Waals surface area contributed by atoms with Gasteiger partial charge in [-0.3, -0.25) is 4.79 Å². The Morgan fingerprint density at radius 3 is 2.39 bits per heavy atom. The van der Waals surface area contributed by atoms with Gasteiger partial charge in [0.1, 0.15) is 38.5 Å². The lowest BCUT2D eigenvalue weighted by molar-refractivity contribution is -1.02. The maximum absolute atomic E-state index is 13.5. The summed E-state index contributed by atoms with van der Waals surface area (Å²) in [5, 5.41) is 3.00. The molecule has 4 nitrogen and oxygen atoms in total. The topological polar surface area (TPSA) is 38.0 Å². The first-order valence-electron chi connectivity index (χ1n) is 9.99. The molecule has 3 N–H and O–H groups in total. The monoisotopic (exact) mass is 403 g/mol. The predicted octanol–water partition coefficient (Wildman–Crippen LogP) is 0.159. The SMILES string of the molecule is O=C(C[NH+]1CC[NH+](Cc2ccccc2)CC1)NCCSCc1ccccc1F. The largest absolute Gasteiger partial charge is 0.350 e. The molecule has 0 bridgehead atoms. The first kappa shape index (κ1) is 20.8. The van der Waals surface area contributed by atoms with E-state index in [1.165, 1.54) is 16.5 Å².